The molecule has 0 spiro atoms. The smallest absolute Gasteiger partial charge is 0.263 e. The maximum absolute atomic E-state index is 12.3. The minimum Gasteiger partial charge on any atom is -0.336 e. The van der Waals surface area contributed by atoms with Crippen LogP contribution < -0.4 is 0 Å². The molecular formula is C15H18N4OS. The van der Waals surface area contributed by atoms with Crippen molar-refractivity contribution in [1.82, 2.24) is 19.8 Å². The van der Waals surface area contributed by atoms with E-state index < -0.39 is 0 Å². The predicted octanol–water partition coefficient (Wildman–Crippen LogP) is 1.88. The lowest BCUT2D eigenvalue weighted by Gasteiger charge is -2.23. The van der Waals surface area contributed by atoms with Crippen molar-refractivity contribution in [1.29, 1.82) is 0 Å². The summed E-state index contributed by atoms with van der Waals surface area (Å²) in [6.45, 7) is 2.31. The highest BCUT2D eigenvalue weighted by atomic mass is 32.1. The topological polar surface area (TPSA) is 49.3 Å². The summed E-state index contributed by atoms with van der Waals surface area (Å²) in [5.74, 6) is 0.972. The number of carbonyl (C=O) groups is 1. The van der Waals surface area contributed by atoms with Gasteiger partial charge in [-0.05, 0) is 31.0 Å². The molecule has 0 radical (unpaired) electrons. The second-order valence-corrected chi connectivity index (χ2v) is 6.20. The van der Waals surface area contributed by atoms with E-state index in [-0.39, 0.29) is 5.91 Å². The molecule has 0 saturated carbocycles. The molecule has 3 rings (SSSR count). The Morgan fingerprint density at radius 1 is 1.43 bits per heavy atom. The standard InChI is InChI=1S/C15H18N4OS/c1-18(11-14-16-6-3-7-17-14)12-5-8-19(10-12)15(20)13-4-2-9-21-13/h2-4,6-7,9,12H,5,8,10-11H2,1H3/t12-/m0/s1. The quantitative estimate of drug-likeness (QED) is 0.865. The van der Waals surface area contributed by atoms with E-state index in [4.69, 9.17) is 0 Å². The Hall–Kier alpha value is -1.79. The molecule has 6 heteroatoms. The van der Waals surface area contributed by atoms with E-state index >= 15 is 0 Å². The molecule has 2 aromatic rings. The molecule has 0 aromatic carbocycles. The second kappa shape index (κ2) is 6.32. The fourth-order valence-electron chi connectivity index (χ4n) is 2.61. The van der Waals surface area contributed by atoms with Gasteiger partial charge in [0.05, 0.1) is 11.4 Å². The third kappa shape index (κ3) is 3.28. The normalized spacial score (nSPS) is 18.4. The predicted molar refractivity (Wildman–Crippen MR) is 82.1 cm³/mol. The first-order valence-corrected chi connectivity index (χ1v) is 7.91. The Labute approximate surface area is 128 Å². The molecule has 1 aliphatic heterocycles. The zero-order chi connectivity index (χ0) is 14.7. The van der Waals surface area contributed by atoms with Crippen LogP contribution in [0.5, 0.6) is 0 Å². The molecule has 2 aromatic heterocycles. The number of likely N-dealkylation sites (tertiary alicyclic amines) is 1. The van der Waals surface area contributed by atoms with Gasteiger partial charge in [-0.1, -0.05) is 6.07 Å². The number of carbonyl (C=O) groups excluding carboxylic acids is 1. The van der Waals surface area contributed by atoms with Crippen molar-refractivity contribution < 1.29 is 4.79 Å². The Morgan fingerprint density at radius 2 is 2.24 bits per heavy atom. The first kappa shape index (κ1) is 14.2. The van der Waals surface area contributed by atoms with Crippen molar-refractivity contribution >= 4 is 17.2 Å². The number of amides is 1. The van der Waals surface area contributed by atoms with Gasteiger partial charge in [-0.15, -0.1) is 11.3 Å². The van der Waals surface area contributed by atoms with Crippen LogP contribution in [0.2, 0.25) is 0 Å². The van der Waals surface area contributed by atoms with E-state index in [1.807, 2.05) is 28.5 Å². The average Bonchev–Trinajstić information content (AvgIpc) is 3.19. The van der Waals surface area contributed by atoms with Crippen molar-refractivity contribution in [3.63, 3.8) is 0 Å². The van der Waals surface area contributed by atoms with Crippen LogP contribution in [0.15, 0.2) is 36.0 Å². The zero-order valence-electron chi connectivity index (χ0n) is 12.0. The van der Waals surface area contributed by atoms with Crippen LogP contribution >= 0.6 is 11.3 Å². The molecule has 0 N–H and O–H groups in total. The van der Waals surface area contributed by atoms with E-state index in [9.17, 15) is 4.79 Å². The summed E-state index contributed by atoms with van der Waals surface area (Å²) in [5.41, 5.74) is 0. The number of nitrogens with zero attached hydrogens (tertiary/aromatic N) is 4. The van der Waals surface area contributed by atoms with Gasteiger partial charge in [0.25, 0.3) is 5.91 Å². The SMILES string of the molecule is CN(Cc1ncccn1)[C@H]1CCN(C(=O)c2cccs2)C1. The Kier molecular flexibility index (Phi) is 4.26. The van der Waals surface area contributed by atoms with Gasteiger partial charge < -0.3 is 4.90 Å². The van der Waals surface area contributed by atoms with Gasteiger partial charge in [0, 0.05) is 31.5 Å². The number of thiophene rings is 1. The molecular weight excluding hydrogens is 284 g/mol. The van der Waals surface area contributed by atoms with Crippen molar-refractivity contribution in [2.45, 2.75) is 19.0 Å². The second-order valence-electron chi connectivity index (χ2n) is 5.25. The first-order chi connectivity index (χ1) is 10.2. The summed E-state index contributed by atoms with van der Waals surface area (Å²) in [6, 6.07) is 6.00. The lowest BCUT2D eigenvalue weighted by molar-refractivity contribution is 0.0784. The molecule has 1 amide bonds. The van der Waals surface area contributed by atoms with E-state index in [2.05, 4.69) is 21.9 Å². The maximum atomic E-state index is 12.3. The van der Waals surface area contributed by atoms with Crippen LogP contribution in [-0.4, -0.2) is 51.9 Å². The Morgan fingerprint density at radius 3 is 2.95 bits per heavy atom. The van der Waals surface area contributed by atoms with Gasteiger partial charge in [0.2, 0.25) is 0 Å². The highest BCUT2D eigenvalue weighted by molar-refractivity contribution is 7.12. The summed E-state index contributed by atoms with van der Waals surface area (Å²) in [4.78, 5) is 25.8. The molecule has 0 aliphatic carbocycles. The number of aromatic nitrogens is 2. The monoisotopic (exact) mass is 302 g/mol. The van der Waals surface area contributed by atoms with Crippen molar-refractivity contribution in [2.75, 3.05) is 20.1 Å². The molecule has 5 nitrogen and oxygen atoms in total. The minimum atomic E-state index is 0.150. The molecule has 1 saturated heterocycles. The van der Waals surface area contributed by atoms with Gasteiger partial charge in [0.15, 0.2) is 0 Å². The fourth-order valence-corrected chi connectivity index (χ4v) is 3.30. The fraction of sp³-hybridized carbons (Fsp3) is 0.400. The van der Waals surface area contributed by atoms with Gasteiger partial charge in [-0.2, -0.15) is 0 Å². The lowest BCUT2D eigenvalue weighted by Crippen LogP contribution is -2.36. The van der Waals surface area contributed by atoms with Crippen LogP contribution in [0, 0.1) is 0 Å². The Balaban J connectivity index is 1.58. The minimum absolute atomic E-state index is 0.150. The van der Waals surface area contributed by atoms with Gasteiger partial charge in [-0.3, -0.25) is 9.69 Å². The van der Waals surface area contributed by atoms with E-state index in [0.717, 1.165) is 30.2 Å². The molecule has 1 atom stereocenters. The number of hydrogen-bond acceptors (Lipinski definition) is 5. The van der Waals surface area contributed by atoms with Crippen LogP contribution in [0.25, 0.3) is 0 Å². The van der Waals surface area contributed by atoms with Crippen molar-refractivity contribution in [3.05, 3.63) is 46.7 Å². The van der Waals surface area contributed by atoms with Crippen LogP contribution in [0.1, 0.15) is 21.9 Å². The summed E-state index contributed by atoms with van der Waals surface area (Å²) < 4.78 is 0. The Bertz CT molecular complexity index is 587. The van der Waals surface area contributed by atoms with E-state index in [1.165, 1.54) is 11.3 Å². The summed E-state index contributed by atoms with van der Waals surface area (Å²) in [5, 5.41) is 1.94. The highest BCUT2D eigenvalue weighted by Gasteiger charge is 2.29. The lowest BCUT2D eigenvalue weighted by atomic mass is 10.2. The van der Waals surface area contributed by atoms with Gasteiger partial charge >= 0.3 is 0 Å². The molecule has 3 heterocycles. The van der Waals surface area contributed by atoms with Crippen molar-refractivity contribution in [2.24, 2.45) is 0 Å². The molecule has 1 fully saturated rings. The van der Waals surface area contributed by atoms with Crippen LogP contribution in [0.3, 0.4) is 0 Å². The van der Waals surface area contributed by atoms with Gasteiger partial charge in [0.1, 0.15) is 5.82 Å². The summed E-state index contributed by atoms with van der Waals surface area (Å²) in [7, 11) is 2.07. The third-order valence-corrected chi connectivity index (χ3v) is 4.67. The van der Waals surface area contributed by atoms with E-state index in [0.29, 0.717) is 12.6 Å². The number of hydrogen-bond donors (Lipinski definition) is 0. The van der Waals surface area contributed by atoms with E-state index in [1.54, 1.807) is 12.4 Å². The molecule has 0 bridgehead atoms. The third-order valence-electron chi connectivity index (χ3n) is 3.82. The summed E-state index contributed by atoms with van der Waals surface area (Å²) >= 11 is 1.51. The molecule has 21 heavy (non-hydrogen) atoms. The van der Waals surface area contributed by atoms with Crippen molar-refractivity contribution in [3.8, 4) is 0 Å². The van der Waals surface area contributed by atoms with Gasteiger partial charge in [-0.25, -0.2) is 9.97 Å². The molecule has 110 valence electrons. The largest absolute Gasteiger partial charge is 0.336 e. The maximum Gasteiger partial charge on any atom is 0.263 e. The number of likely N-dealkylation sites (N-methyl/N-ethyl adjacent to an activating group) is 1. The molecule has 1 aliphatic rings. The average molecular weight is 302 g/mol. The highest BCUT2D eigenvalue weighted by Crippen LogP contribution is 2.20. The zero-order valence-corrected chi connectivity index (χ0v) is 12.8. The number of rotatable bonds is 4. The summed E-state index contributed by atoms with van der Waals surface area (Å²) in [6.07, 6.45) is 4.52. The first-order valence-electron chi connectivity index (χ1n) is 7.03. The van der Waals surface area contributed by atoms with Crippen LogP contribution in [0.4, 0.5) is 0 Å². The molecule has 0 unspecified atom stereocenters. The van der Waals surface area contributed by atoms with Crippen LogP contribution in [-0.2, 0) is 6.54 Å².